The number of aromatic nitrogens is 3. The lowest BCUT2D eigenvalue weighted by atomic mass is 10.1. The Bertz CT molecular complexity index is 1030. The summed E-state index contributed by atoms with van der Waals surface area (Å²) in [5, 5.41) is 11.7. The fraction of sp³-hybridized carbons (Fsp3) is 0.0556. The number of hydrogen-bond donors (Lipinski definition) is 3. The Hall–Kier alpha value is -2.79. The molecular formula is C18H15N3OS. The Morgan fingerprint density at radius 1 is 1.00 bits per heavy atom. The Labute approximate surface area is 138 Å². The first kappa shape index (κ1) is 13.8. The molecule has 0 aliphatic heterocycles. The van der Waals surface area contributed by atoms with Crippen molar-refractivity contribution >= 4 is 23.1 Å². The molecule has 3 N–H and O–H groups in total. The number of aromatic hydroxyl groups is 1. The number of benzene rings is 2. The second-order valence-electron chi connectivity index (χ2n) is 5.44. The van der Waals surface area contributed by atoms with Crippen LogP contribution in [0.5, 0.6) is 5.88 Å². The van der Waals surface area contributed by atoms with Crippen LogP contribution in [0.3, 0.4) is 0 Å². The summed E-state index contributed by atoms with van der Waals surface area (Å²) in [5.41, 5.74) is 3.76. The minimum absolute atomic E-state index is 0.159. The highest BCUT2D eigenvalue weighted by molar-refractivity contribution is 7.71. The van der Waals surface area contributed by atoms with Gasteiger partial charge in [0.25, 0.3) is 0 Å². The number of H-pyrrole nitrogens is 2. The molecule has 0 aliphatic rings. The van der Waals surface area contributed by atoms with Crippen LogP contribution in [0.15, 0.2) is 60.8 Å². The van der Waals surface area contributed by atoms with Gasteiger partial charge in [-0.3, -0.25) is 4.57 Å². The first-order valence-corrected chi connectivity index (χ1v) is 7.78. The van der Waals surface area contributed by atoms with E-state index in [2.05, 4.69) is 16.0 Å². The summed E-state index contributed by atoms with van der Waals surface area (Å²) in [6, 6.07) is 17.7. The zero-order chi connectivity index (χ0) is 15.8. The van der Waals surface area contributed by atoms with E-state index in [0.29, 0.717) is 16.9 Å². The molecule has 2 aromatic heterocycles. The van der Waals surface area contributed by atoms with Gasteiger partial charge in [-0.2, -0.15) is 0 Å². The summed E-state index contributed by atoms with van der Waals surface area (Å²) in [5.74, 6) is 0.159. The normalized spacial score (nSPS) is 11.1. The number of nitrogens with zero attached hydrogens (tertiary/aromatic N) is 1. The zero-order valence-corrected chi connectivity index (χ0v) is 13.1. The van der Waals surface area contributed by atoms with Crippen LogP contribution in [0.25, 0.3) is 16.6 Å². The predicted molar refractivity (Wildman–Crippen MR) is 93.7 cm³/mol. The van der Waals surface area contributed by atoms with Crippen molar-refractivity contribution in [2.45, 2.75) is 6.42 Å². The van der Waals surface area contributed by atoms with Crippen LogP contribution < -0.4 is 0 Å². The molecule has 0 bridgehead atoms. The number of imidazole rings is 1. The lowest BCUT2D eigenvalue weighted by Gasteiger charge is -2.04. The van der Waals surface area contributed by atoms with E-state index in [4.69, 9.17) is 12.2 Å². The van der Waals surface area contributed by atoms with Gasteiger partial charge < -0.3 is 15.1 Å². The Balaban J connectivity index is 1.78. The van der Waals surface area contributed by atoms with E-state index < -0.39 is 0 Å². The molecule has 0 saturated carbocycles. The highest BCUT2D eigenvalue weighted by Gasteiger charge is 2.14. The monoisotopic (exact) mass is 321 g/mol. The molecule has 0 radical (unpaired) electrons. The summed E-state index contributed by atoms with van der Waals surface area (Å²) in [7, 11) is 0. The van der Waals surface area contributed by atoms with Crippen molar-refractivity contribution in [3.63, 3.8) is 0 Å². The maximum Gasteiger partial charge on any atom is 0.218 e. The molecule has 0 spiro atoms. The van der Waals surface area contributed by atoms with Crippen LogP contribution in [0.4, 0.5) is 0 Å². The van der Waals surface area contributed by atoms with Gasteiger partial charge in [0.15, 0.2) is 4.77 Å². The Morgan fingerprint density at radius 3 is 2.57 bits per heavy atom. The average molecular weight is 321 g/mol. The molecule has 0 fully saturated rings. The highest BCUT2D eigenvalue weighted by atomic mass is 32.1. The van der Waals surface area contributed by atoms with Crippen molar-refractivity contribution in [1.82, 2.24) is 14.5 Å². The van der Waals surface area contributed by atoms with E-state index in [-0.39, 0.29) is 5.88 Å². The number of para-hydroxylation sites is 2. The van der Waals surface area contributed by atoms with Gasteiger partial charge in [0.2, 0.25) is 5.88 Å². The van der Waals surface area contributed by atoms with Gasteiger partial charge in [-0.05, 0) is 36.0 Å². The molecule has 23 heavy (non-hydrogen) atoms. The van der Waals surface area contributed by atoms with Gasteiger partial charge in [0.1, 0.15) is 0 Å². The highest BCUT2D eigenvalue weighted by Crippen LogP contribution is 2.27. The smallest absolute Gasteiger partial charge is 0.218 e. The quantitative estimate of drug-likeness (QED) is 0.492. The summed E-state index contributed by atoms with van der Waals surface area (Å²) < 4.78 is 2.14. The molecule has 4 nitrogen and oxygen atoms in total. The fourth-order valence-corrected chi connectivity index (χ4v) is 3.20. The third-order valence-corrected chi connectivity index (χ3v) is 4.28. The zero-order valence-electron chi connectivity index (χ0n) is 12.3. The lowest BCUT2D eigenvalue weighted by Crippen LogP contribution is -1.93. The third-order valence-electron chi connectivity index (χ3n) is 4.00. The summed E-state index contributed by atoms with van der Waals surface area (Å²) >= 11 is 5.37. The fourth-order valence-electron chi connectivity index (χ4n) is 2.88. The van der Waals surface area contributed by atoms with E-state index in [1.165, 1.54) is 0 Å². The van der Waals surface area contributed by atoms with E-state index in [1.54, 1.807) is 4.57 Å². The van der Waals surface area contributed by atoms with E-state index in [0.717, 1.165) is 22.2 Å². The SMILES string of the molecule is Oc1c(Cc2c[nH]c3ccccc23)[nH]c(=S)n1-c1ccccc1. The second-order valence-corrected chi connectivity index (χ2v) is 5.83. The van der Waals surface area contributed by atoms with Crippen molar-refractivity contribution < 1.29 is 5.11 Å². The molecule has 4 rings (SSSR count). The predicted octanol–water partition coefficient (Wildman–Crippen LogP) is 4.31. The van der Waals surface area contributed by atoms with Gasteiger partial charge in [-0.1, -0.05) is 36.4 Å². The maximum absolute atomic E-state index is 10.6. The van der Waals surface area contributed by atoms with Crippen molar-refractivity contribution in [1.29, 1.82) is 0 Å². The molecule has 0 aliphatic carbocycles. The van der Waals surface area contributed by atoms with Crippen LogP contribution in [0.1, 0.15) is 11.3 Å². The molecule has 114 valence electrons. The first-order valence-electron chi connectivity index (χ1n) is 7.37. The Kier molecular flexibility index (Phi) is 3.28. The van der Waals surface area contributed by atoms with Crippen LogP contribution in [0.2, 0.25) is 0 Å². The minimum atomic E-state index is 0.159. The number of rotatable bonds is 3. The maximum atomic E-state index is 10.6. The minimum Gasteiger partial charge on any atom is -0.493 e. The Morgan fingerprint density at radius 2 is 1.74 bits per heavy atom. The van der Waals surface area contributed by atoms with E-state index >= 15 is 0 Å². The number of fused-ring (bicyclic) bond motifs is 1. The molecule has 0 atom stereocenters. The molecule has 2 heterocycles. The average Bonchev–Trinajstić information content (AvgIpc) is 3.10. The molecular weight excluding hydrogens is 306 g/mol. The molecule has 5 heteroatoms. The molecule has 0 amide bonds. The first-order chi connectivity index (χ1) is 11.2. The second kappa shape index (κ2) is 5.44. The van der Waals surface area contributed by atoms with Gasteiger partial charge in [-0.25, -0.2) is 0 Å². The number of hydrogen-bond acceptors (Lipinski definition) is 2. The largest absolute Gasteiger partial charge is 0.493 e. The van der Waals surface area contributed by atoms with Gasteiger partial charge in [0, 0.05) is 23.5 Å². The van der Waals surface area contributed by atoms with E-state index in [1.807, 2.05) is 54.7 Å². The number of nitrogens with one attached hydrogen (secondary N) is 2. The van der Waals surface area contributed by atoms with Crippen LogP contribution >= 0.6 is 12.2 Å². The lowest BCUT2D eigenvalue weighted by molar-refractivity contribution is 0.436. The topological polar surface area (TPSA) is 56.7 Å². The summed E-state index contributed by atoms with van der Waals surface area (Å²) in [6.45, 7) is 0. The summed E-state index contributed by atoms with van der Waals surface area (Å²) in [6.07, 6.45) is 2.56. The molecule has 0 saturated heterocycles. The van der Waals surface area contributed by atoms with E-state index in [9.17, 15) is 5.11 Å². The molecule has 4 aromatic rings. The van der Waals surface area contributed by atoms with Gasteiger partial charge in [0.05, 0.1) is 11.4 Å². The number of aromatic amines is 2. The standard InChI is InChI=1S/C18H15N3OS/c22-17-16(10-12-11-19-15-9-5-4-8-14(12)15)20-18(23)21(17)13-6-2-1-3-7-13/h1-9,11,19,22H,10H2,(H,20,23). The van der Waals surface area contributed by atoms with Crippen LogP contribution in [-0.4, -0.2) is 19.6 Å². The van der Waals surface area contributed by atoms with Crippen molar-refractivity contribution in [2.75, 3.05) is 0 Å². The van der Waals surface area contributed by atoms with Crippen molar-refractivity contribution in [3.8, 4) is 11.6 Å². The molecule has 0 unspecified atom stereocenters. The summed E-state index contributed by atoms with van der Waals surface area (Å²) in [4.78, 5) is 6.38. The molecule has 2 aromatic carbocycles. The van der Waals surface area contributed by atoms with Crippen molar-refractivity contribution in [2.24, 2.45) is 0 Å². The van der Waals surface area contributed by atoms with Crippen molar-refractivity contribution in [3.05, 3.63) is 76.8 Å². The van der Waals surface area contributed by atoms with Gasteiger partial charge >= 0.3 is 0 Å². The van der Waals surface area contributed by atoms with Gasteiger partial charge in [-0.15, -0.1) is 0 Å². The van der Waals surface area contributed by atoms with Crippen LogP contribution in [-0.2, 0) is 6.42 Å². The third kappa shape index (κ3) is 2.35. The van der Waals surface area contributed by atoms with Crippen LogP contribution in [0, 0.1) is 4.77 Å².